The Balaban J connectivity index is 1.92. The van der Waals surface area contributed by atoms with Crippen LogP contribution >= 0.6 is 23.2 Å². The lowest BCUT2D eigenvalue weighted by Crippen LogP contribution is -2.17. The van der Waals surface area contributed by atoms with E-state index >= 15 is 0 Å². The summed E-state index contributed by atoms with van der Waals surface area (Å²) in [4.78, 5) is -0.269. The van der Waals surface area contributed by atoms with Gasteiger partial charge in [0.05, 0.1) is 10.3 Å². The van der Waals surface area contributed by atoms with Crippen LogP contribution in [0.25, 0.3) is 0 Å². The number of halogens is 2. The second-order valence-corrected chi connectivity index (χ2v) is 6.71. The lowest BCUT2D eigenvalue weighted by Gasteiger charge is -2.26. The van der Waals surface area contributed by atoms with Crippen LogP contribution in [0, 0.1) is 0 Å². The van der Waals surface area contributed by atoms with Crippen molar-refractivity contribution in [1.82, 2.24) is 0 Å². The summed E-state index contributed by atoms with van der Waals surface area (Å²) in [6.45, 7) is 2.15. The van der Waals surface area contributed by atoms with Crippen molar-refractivity contribution in [3.63, 3.8) is 0 Å². The van der Waals surface area contributed by atoms with E-state index in [-0.39, 0.29) is 10.3 Å². The molecule has 2 aromatic rings. The van der Waals surface area contributed by atoms with Crippen molar-refractivity contribution in [3.8, 4) is 0 Å². The van der Waals surface area contributed by atoms with E-state index in [0.717, 1.165) is 25.7 Å². The third-order valence-corrected chi connectivity index (χ3v) is 5.19. The van der Waals surface area contributed by atoms with Crippen molar-refractivity contribution in [1.29, 1.82) is 0 Å². The molecule has 0 aliphatic heterocycles. The highest BCUT2D eigenvalue weighted by molar-refractivity contribution is 6.24. The lowest BCUT2D eigenvalue weighted by molar-refractivity contribution is 0.499. The van der Waals surface area contributed by atoms with E-state index in [1.54, 1.807) is 0 Å². The topological polar surface area (TPSA) is 0 Å². The van der Waals surface area contributed by atoms with Crippen molar-refractivity contribution >= 4 is 23.2 Å². The van der Waals surface area contributed by atoms with Crippen LogP contribution < -0.4 is 0 Å². The first-order chi connectivity index (χ1) is 10.2. The summed E-state index contributed by atoms with van der Waals surface area (Å²) in [5, 5.41) is 0.0692. The number of hydrogen-bond donors (Lipinski definition) is 0. The zero-order valence-corrected chi connectivity index (χ0v) is 13.9. The Kier molecular flexibility index (Phi) is 6.14. The molecule has 0 nitrogen and oxygen atoms in total. The Morgan fingerprint density at radius 3 is 2.10 bits per heavy atom. The van der Waals surface area contributed by atoms with Gasteiger partial charge in [0.25, 0.3) is 0 Å². The average Bonchev–Trinajstić information content (AvgIpc) is 2.56. The second kappa shape index (κ2) is 7.87. The first-order valence-corrected chi connectivity index (χ1v) is 8.40. The molecule has 2 atom stereocenters. The van der Waals surface area contributed by atoms with Crippen LogP contribution in [0.4, 0.5) is 0 Å². The van der Waals surface area contributed by atoms with Crippen LogP contribution in [-0.2, 0) is 4.87 Å². The van der Waals surface area contributed by atoms with E-state index in [1.807, 2.05) is 24.3 Å². The number of rotatable bonds is 7. The zero-order valence-electron chi connectivity index (χ0n) is 12.4. The molecule has 0 aliphatic rings. The second-order valence-electron chi connectivity index (χ2n) is 5.46. The fourth-order valence-corrected chi connectivity index (χ4v) is 3.21. The van der Waals surface area contributed by atoms with Gasteiger partial charge in [0.1, 0.15) is 0 Å². The summed E-state index contributed by atoms with van der Waals surface area (Å²) >= 11 is 13.3. The van der Waals surface area contributed by atoms with E-state index in [2.05, 4.69) is 43.3 Å². The summed E-state index contributed by atoms with van der Waals surface area (Å²) in [5.41, 5.74) is 2.40. The molecular formula is C19H22Cl2. The van der Waals surface area contributed by atoms with Crippen molar-refractivity contribution in [3.05, 3.63) is 71.8 Å². The average molecular weight is 321 g/mol. The third kappa shape index (κ3) is 4.49. The molecular weight excluding hydrogens is 299 g/mol. The van der Waals surface area contributed by atoms with Crippen molar-refractivity contribution < 1.29 is 0 Å². The molecule has 0 fully saturated rings. The fraction of sp³-hybridized carbons (Fsp3) is 0.368. The maximum Gasteiger partial charge on any atom is 0.0692 e. The summed E-state index contributed by atoms with van der Waals surface area (Å²) in [5.74, 6) is 0. The van der Waals surface area contributed by atoms with Gasteiger partial charge in [-0.15, -0.1) is 23.2 Å². The third-order valence-electron chi connectivity index (χ3n) is 4.04. The van der Waals surface area contributed by atoms with Crippen molar-refractivity contribution in [2.45, 2.75) is 42.9 Å². The standard InChI is InChI=1S/C19H22Cl2/c1-2-19(21,17-12-7-4-8-13-17)15-9-14-18(20)16-10-5-3-6-11-16/h3-8,10-13,18H,2,9,14-15H2,1H3. The Bertz CT molecular complexity index is 524. The Hall–Kier alpha value is -0.980. The Morgan fingerprint density at radius 1 is 0.952 bits per heavy atom. The van der Waals surface area contributed by atoms with E-state index in [1.165, 1.54) is 11.1 Å². The molecule has 0 N–H and O–H groups in total. The molecule has 0 spiro atoms. The quantitative estimate of drug-likeness (QED) is 0.499. The predicted molar refractivity (Wildman–Crippen MR) is 93.2 cm³/mol. The highest BCUT2D eigenvalue weighted by Crippen LogP contribution is 2.39. The summed E-state index contributed by atoms with van der Waals surface area (Å²) < 4.78 is 0. The number of hydrogen-bond acceptors (Lipinski definition) is 0. The summed E-state index contributed by atoms with van der Waals surface area (Å²) in [6.07, 6.45) is 3.85. The molecule has 0 radical (unpaired) electrons. The Labute approximate surface area is 138 Å². The van der Waals surface area contributed by atoms with Gasteiger partial charge < -0.3 is 0 Å². The maximum absolute atomic E-state index is 6.84. The van der Waals surface area contributed by atoms with Gasteiger partial charge in [-0.3, -0.25) is 0 Å². The number of benzene rings is 2. The van der Waals surface area contributed by atoms with Gasteiger partial charge in [0.15, 0.2) is 0 Å². The summed E-state index contributed by atoms with van der Waals surface area (Å²) in [6, 6.07) is 20.6. The van der Waals surface area contributed by atoms with E-state index in [9.17, 15) is 0 Å². The summed E-state index contributed by atoms with van der Waals surface area (Å²) in [7, 11) is 0. The zero-order chi connectivity index (χ0) is 15.1. The first kappa shape index (κ1) is 16.4. The molecule has 112 valence electrons. The molecule has 0 aromatic heterocycles. The van der Waals surface area contributed by atoms with Gasteiger partial charge in [0.2, 0.25) is 0 Å². The van der Waals surface area contributed by atoms with Crippen LogP contribution in [0.15, 0.2) is 60.7 Å². The van der Waals surface area contributed by atoms with Crippen LogP contribution in [0.1, 0.15) is 49.1 Å². The van der Waals surface area contributed by atoms with Gasteiger partial charge in [-0.1, -0.05) is 67.6 Å². The first-order valence-electron chi connectivity index (χ1n) is 7.59. The molecule has 0 saturated carbocycles. The maximum atomic E-state index is 6.84. The van der Waals surface area contributed by atoms with Crippen LogP contribution in [0.5, 0.6) is 0 Å². The van der Waals surface area contributed by atoms with Crippen LogP contribution in [0.2, 0.25) is 0 Å². The molecule has 2 unspecified atom stereocenters. The number of alkyl halides is 2. The highest BCUT2D eigenvalue weighted by atomic mass is 35.5. The molecule has 0 aliphatic carbocycles. The van der Waals surface area contributed by atoms with Gasteiger partial charge in [0, 0.05) is 0 Å². The minimum Gasteiger partial charge on any atom is -0.118 e. The van der Waals surface area contributed by atoms with Gasteiger partial charge in [-0.25, -0.2) is 0 Å². The van der Waals surface area contributed by atoms with Crippen LogP contribution in [-0.4, -0.2) is 0 Å². The van der Waals surface area contributed by atoms with E-state index < -0.39 is 0 Å². The largest absolute Gasteiger partial charge is 0.118 e. The van der Waals surface area contributed by atoms with Gasteiger partial charge in [-0.2, -0.15) is 0 Å². The minimum atomic E-state index is -0.269. The molecule has 0 amide bonds. The molecule has 2 aromatic carbocycles. The van der Waals surface area contributed by atoms with Crippen molar-refractivity contribution in [2.75, 3.05) is 0 Å². The normalized spacial score (nSPS) is 15.4. The minimum absolute atomic E-state index is 0.0692. The smallest absolute Gasteiger partial charge is 0.0692 e. The molecule has 21 heavy (non-hydrogen) atoms. The molecule has 2 heteroatoms. The molecule has 2 rings (SSSR count). The SMILES string of the molecule is CCC(Cl)(CCCC(Cl)c1ccccc1)c1ccccc1. The van der Waals surface area contributed by atoms with Crippen molar-refractivity contribution in [2.24, 2.45) is 0 Å². The molecule has 0 bridgehead atoms. The monoisotopic (exact) mass is 320 g/mol. The van der Waals surface area contributed by atoms with Gasteiger partial charge >= 0.3 is 0 Å². The lowest BCUT2D eigenvalue weighted by atomic mass is 9.89. The highest BCUT2D eigenvalue weighted by Gasteiger charge is 2.27. The van der Waals surface area contributed by atoms with E-state index in [4.69, 9.17) is 23.2 Å². The molecule has 0 saturated heterocycles. The van der Waals surface area contributed by atoms with Gasteiger partial charge in [-0.05, 0) is 36.8 Å². The van der Waals surface area contributed by atoms with E-state index in [0.29, 0.717) is 0 Å². The molecule has 0 heterocycles. The predicted octanol–water partition coefficient (Wildman–Crippen LogP) is 6.68. The Morgan fingerprint density at radius 2 is 1.52 bits per heavy atom. The fourth-order valence-electron chi connectivity index (χ4n) is 2.65. The van der Waals surface area contributed by atoms with Crippen LogP contribution in [0.3, 0.4) is 0 Å².